The highest BCUT2D eigenvalue weighted by Crippen LogP contribution is 2.04. The SMILES string of the molecule is CCCCN=C(NCCn1cnnc1CC)N(C)Cc1ccco1. The summed E-state index contributed by atoms with van der Waals surface area (Å²) in [6, 6.07) is 3.88. The van der Waals surface area contributed by atoms with E-state index in [2.05, 4.69) is 38.8 Å². The summed E-state index contributed by atoms with van der Waals surface area (Å²) in [6.07, 6.45) is 6.59. The first-order valence-corrected chi connectivity index (χ1v) is 8.63. The van der Waals surface area contributed by atoms with Crippen LogP contribution in [0.25, 0.3) is 0 Å². The van der Waals surface area contributed by atoms with E-state index >= 15 is 0 Å². The molecule has 2 aromatic rings. The van der Waals surface area contributed by atoms with Crippen molar-refractivity contribution in [1.82, 2.24) is 25.0 Å². The molecule has 0 bridgehead atoms. The molecule has 0 saturated carbocycles. The second kappa shape index (κ2) is 9.75. The zero-order valence-corrected chi connectivity index (χ0v) is 14.9. The molecule has 0 fully saturated rings. The normalized spacial score (nSPS) is 11.7. The number of hydrogen-bond acceptors (Lipinski definition) is 4. The second-order valence-electron chi connectivity index (χ2n) is 5.72. The molecular formula is C17H28N6O. The van der Waals surface area contributed by atoms with Gasteiger partial charge in [0.15, 0.2) is 5.96 Å². The Morgan fingerprint density at radius 2 is 2.29 bits per heavy atom. The summed E-state index contributed by atoms with van der Waals surface area (Å²) in [5.74, 6) is 2.82. The molecular weight excluding hydrogens is 304 g/mol. The van der Waals surface area contributed by atoms with Crippen molar-refractivity contribution >= 4 is 5.96 Å². The van der Waals surface area contributed by atoms with Crippen LogP contribution in [0.4, 0.5) is 0 Å². The highest BCUT2D eigenvalue weighted by Gasteiger charge is 2.09. The number of hydrogen-bond donors (Lipinski definition) is 1. The van der Waals surface area contributed by atoms with Gasteiger partial charge in [0.25, 0.3) is 0 Å². The number of guanidine groups is 1. The zero-order valence-electron chi connectivity index (χ0n) is 14.9. The largest absolute Gasteiger partial charge is 0.467 e. The van der Waals surface area contributed by atoms with Crippen LogP contribution in [0.2, 0.25) is 0 Å². The minimum Gasteiger partial charge on any atom is -0.467 e. The molecule has 0 aromatic carbocycles. The first-order chi connectivity index (χ1) is 11.7. The Morgan fingerprint density at radius 1 is 1.42 bits per heavy atom. The summed E-state index contributed by atoms with van der Waals surface area (Å²) in [6.45, 7) is 7.37. The molecule has 7 heteroatoms. The molecule has 0 aliphatic rings. The molecule has 0 unspecified atom stereocenters. The summed E-state index contributed by atoms with van der Waals surface area (Å²) in [5, 5.41) is 11.5. The van der Waals surface area contributed by atoms with Crippen molar-refractivity contribution in [2.75, 3.05) is 20.1 Å². The predicted octanol–water partition coefficient (Wildman–Crippen LogP) is 2.31. The van der Waals surface area contributed by atoms with Crippen LogP contribution in [0.1, 0.15) is 38.3 Å². The summed E-state index contributed by atoms with van der Waals surface area (Å²) in [5.41, 5.74) is 0. The predicted molar refractivity (Wildman–Crippen MR) is 94.8 cm³/mol. The standard InChI is InChI=1S/C17H28N6O/c1-4-6-9-18-17(22(3)13-15-8-7-12-24-15)19-10-11-23-14-20-21-16(23)5-2/h7-8,12,14H,4-6,9-11,13H2,1-3H3,(H,18,19). The van der Waals surface area contributed by atoms with Gasteiger partial charge in [0.2, 0.25) is 0 Å². The molecule has 0 radical (unpaired) electrons. The fourth-order valence-electron chi connectivity index (χ4n) is 2.39. The molecule has 0 spiro atoms. The van der Waals surface area contributed by atoms with Crippen LogP contribution in [-0.2, 0) is 19.5 Å². The highest BCUT2D eigenvalue weighted by molar-refractivity contribution is 5.79. The zero-order chi connectivity index (χ0) is 17.2. The molecule has 0 aliphatic heterocycles. The van der Waals surface area contributed by atoms with Gasteiger partial charge in [-0.1, -0.05) is 20.3 Å². The van der Waals surface area contributed by atoms with Gasteiger partial charge in [-0.25, -0.2) is 0 Å². The lowest BCUT2D eigenvalue weighted by atomic mass is 10.3. The summed E-state index contributed by atoms with van der Waals surface area (Å²) in [7, 11) is 2.02. The van der Waals surface area contributed by atoms with Crippen molar-refractivity contribution < 1.29 is 4.42 Å². The molecule has 24 heavy (non-hydrogen) atoms. The van der Waals surface area contributed by atoms with Crippen LogP contribution < -0.4 is 5.32 Å². The third-order valence-electron chi connectivity index (χ3n) is 3.76. The van der Waals surface area contributed by atoms with Crippen LogP contribution in [0.3, 0.4) is 0 Å². The lowest BCUT2D eigenvalue weighted by molar-refractivity contribution is 0.398. The maximum Gasteiger partial charge on any atom is 0.194 e. The average molecular weight is 332 g/mol. The van der Waals surface area contributed by atoms with Crippen molar-refractivity contribution in [3.63, 3.8) is 0 Å². The number of aromatic nitrogens is 3. The highest BCUT2D eigenvalue weighted by atomic mass is 16.3. The quantitative estimate of drug-likeness (QED) is 0.433. The summed E-state index contributed by atoms with van der Waals surface area (Å²) >= 11 is 0. The van der Waals surface area contributed by atoms with E-state index in [1.807, 2.05) is 19.2 Å². The van der Waals surface area contributed by atoms with Gasteiger partial charge >= 0.3 is 0 Å². The molecule has 2 heterocycles. The molecule has 0 atom stereocenters. The Morgan fingerprint density at radius 3 is 3.00 bits per heavy atom. The Bertz CT molecular complexity index is 604. The smallest absolute Gasteiger partial charge is 0.194 e. The Balaban J connectivity index is 1.91. The third-order valence-corrected chi connectivity index (χ3v) is 3.76. The average Bonchev–Trinajstić information content (AvgIpc) is 3.24. The number of aliphatic imine (C=N–C) groups is 1. The van der Waals surface area contributed by atoms with Crippen molar-refractivity contribution in [3.8, 4) is 0 Å². The topological polar surface area (TPSA) is 71.5 Å². The van der Waals surface area contributed by atoms with Gasteiger partial charge in [0.1, 0.15) is 17.9 Å². The van der Waals surface area contributed by atoms with E-state index in [4.69, 9.17) is 9.41 Å². The number of nitrogens with zero attached hydrogens (tertiary/aromatic N) is 5. The van der Waals surface area contributed by atoms with Gasteiger partial charge in [-0.05, 0) is 18.6 Å². The fraction of sp³-hybridized carbons (Fsp3) is 0.588. The van der Waals surface area contributed by atoms with Gasteiger partial charge in [-0.15, -0.1) is 10.2 Å². The second-order valence-corrected chi connectivity index (χ2v) is 5.72. The molecule has 2 rings (SSSR count). The minimum atomic E-state index is 0.692. The van der Waals surface area contributed by atoms with Gasteiger partial charge in [0, 0.05) is 33.1 Å². The van der Waals surface area contributed by atoms with Crippen molar-refractivity contribution in [1.29, 1.82) is 0 Å². The lowest BCUT2D eigenvalue weighted by Gasteiger charge is -2.22. The Labute approximate surface area is 143 Å². The van der Waals surface area contributed by atoms with E-state index in [1.165, 1.54) is 0 Å². The maximum absolute atomic E-state index is 5.43. The number of furan rings is 1. The maximum atomic E-state index is 5.43. The number of nitrogens with one attached hydrogen (secondary N) is 1. The van der Waals surface area contributed by atoms with E-state index in [9.17, 15) is 0 Å². The first-order valence-electron chi connectivity index (χ1n) is 8.63. The summed E-state index contributed by atoms with van der Waals surface area (Å²) in [4.78, 5) is 6.79. The Kier molecular flexibility index (Phi) is 7.32. The van der Waals surface area contributed by atoms with E-state index in [0.29, 0.717) is 6.54 Å². The molecule has 132 valence electrons. The van der Waals surface area contributed by atoms with E-state index < -0.39 is 0 Å². The van der Waals surface area contributed by atoms with Gasteiger partial charge < -0.3 is 19.2 Å². The lowest BCUT2D eigenvalue weighted by Crippen LogP contribution is -2.40. The van der Waals surface area contributed by atoms with Gasteiger partial charge in [0.05, 0.1) is 12.8 Å². The van der Waals surface area contributed by atoms with Crippen LogP contribution in [0.5, 0.6) is 0 Å². The van der Waals surface area contributed by atoms with Crippen molar-refractivity contribution in [2.45, 2.75) is 46.2 Å². The Hall–Kier alpha value is -2.31. The third kappa shape index (κ3) is 5.40. The number of unbranched alkanes of at least 4 members (excludes halogenated alkanes) is 1. The molecule has 0 saturated heterocycles. The molecule has 7 nitrogen and oxygen atoms in total. The monoisotopic (exact) mass is 332 g/mol. The molecule has 2 aromatic heterocycles. The fourth-order valence-corrected chi connectivity index (χ4v) is 2.39. The van der Waals surface area contributed by atoms with Crippen LogP contribution >= 0.6 is 0 Å². The van der Waals surface area contributed by atoms with Crippen LogP contribution in [0.15, 0.2) is 34.1 Å². The molecule has 1 N–H and O–H groups in total. The van der Waals surface area contributed by atoms with Crippen LogP contribution in [0, 0.1) is 0 Å². The van der Waals surface area contributed by atoms with Gasteiger partial charge in [-0.2, -0.15) is 0 Å². The molecule has 0 amide bonds. The summed E-state index contributed by atoms with van der Waals surface area (Å²) < 4.78 is 7.50. The number of rotatable bonds is 9. The van der Waals surface area contributed by atoms with E-state index in [0.717, 1.165) is 56.4 Å². The minimum absolute atomic E-state index is 0.692. The number of aryl methyl sites for hydroxylation is 1. The van der Waals surface area contributed by atoms with Crippen molar-refractivity contribution in [2.24, 2.45) is 4.99 Å². The van der Waals surface area contributed by atoms with Crippen LogP contribution in [-0.4, -0.2) is 45.8 Å². The van der Waals surface area contributed by atoms with E-state index in [-0.39, 0.29) is 0 Å². The van der Waals surface area contributed by atoms with Crippen molar-refractivity contribution in [3.05, 3.63) is 36.3 Å². The first kappa shape index (κ1) is 18.0. The van der Waals surface area contributed by atoms with E-state index in [1.54, 1.807) is 12.6 Å². The van der Waals surface area contributed by atoms with Gasteiger partial charge in [-0.3, -0.25) is 4.99 Å². The molecule has 0 aliphatic carbocycles.